The number of carbonyl (C=O) groups excluding carboxylic acids is 1. The van der Waals surface area contributed by atoms with Gasteiger partial charge in [0.1, 0.15) is 0 Å². The molecule has 0 saturated heterocycles. The van der Waals surface area contributed by atoms with Crippen LogP contribution in [0.3, 0.4) is 0 Å². The average molecular weight is 257 g/mol. The number of amides is 1. The number of hydrogen-bond donors (Lipinski definition) is 2. The zero-order valence-corrected chi connectivity index (χ0v) is 12.7. The number of nitrogens with two attached hydrogens (primary N) is 1. The maximum absolute atomic E-state index is 11.7. The van der Waals surface area contributed by atoms with Crippen LogP contribution in [0.25, 0.3) is 0 Å². The van der Waals surface area contributed by atoms with Gasteiger partial charge in [-0.1, -0.05) is 20.3 Å². The van der Waals surface area contributed by atoms with Crippen molar-refractivity contribution in [1.82, 2.24) is 10.2 Å². The van der Waals surface area contributed by atoms with Gasteiger partial charge in [-0.15, -0.1) is 0 Å². The smallest absolute Gasteiger partial charge is 0.237 e. The van der Waals surface area contributed by atoms with Gasteiger partial charge in [0.05, 0.1) is 6.04 Å². The summed E-state index contributed by atoms with van der Waals surface area (Å²) >= 11 is 0. The van der Waals surface area contributed by atoms with Crippen LogP contribution in [0.4, 0.5) is 0 Å². The first-order valence-electron chi connectivity index (χ1n) is 7.13. The Hall–Kier alpha value is -0.610. The number of nitrogens with zero attached hydrogens (tertiary/aromatic N) is 1. The lowest BCUT2D eigenvalue weighted by Crippen LogP contribution is -2.44. The third-order valence-electron chi connectivity index (χ3n) is 3.68. The van der Waals surface area contributed by atoms with Crippen molar-refractivity contribution in [2.75, 3.05) is 20.1 Å². The summed E-state index contributed by atoms with van der Waals surface area (Å²) in [5.41, 5.74) is 5.85. The molecule has 1 unspecified atom stereocenters. The second-order valence-corrected chi connectivity index (χ2v) is 5.48. The average Bonchev–Trinajstić information content (AvgIpc) is 2.35. The van der Waals surface area contributed by atoms with E-state index in [1.807, 2.05) is 6.92 Å². The van der Waals surface area contributed by atoms with Crippen LogP contribution in [0.1, 0.15) is 47.0 Å². The van der Waals surface area contributed by atoms with Gasteiger partial charge in [0.25, 0.3) is 0 Å². The van der Waals surface area contributed by atoms with E-state index in [0.29, 0.717) is 6.04 Å². The highest BCUT2D eigenvalue weighted by molar-refractivity contribution is 5.81. The predicted octanol–water partition coefficient (Wildman–Crippen LogP) is 1.60. The molecule has 3 N–H and O–H groups in total. The second-order valence-electron chi connectivity index (χ2n) is 5.48. The van der Waals surface area contributed by atoms with Crippen LogP contribution >= 0.6 is 0 Å². The molecule has 0 aromatic rings. The first-order chi connectivity index (χ1) is 8.40. The SMILES string of the molecule is CCC(C)[C@H](N)C(=O)NCCCCN(C)C(C)C. The highest BCUT2D eigenvalue weighted by atomic mass is 16.2. The van der Waals surface area contributed by atoms with Crippen LogP contribution in [-0.4, -0.2) is 43.0 Å². The molecule has 0 aromatic carbocycles. The maximum Gasteiger partial charge on any atom is 0.237 e. The van der Waals surface area contributed by atoms with E-state index in [-0.39, 0.29) is 17.9 Å². The van der Waals surface area contributed by atoms with Crippen molar-refractivity contribution in [2.24, 2.45) is 11.7 Å². The lowest BCUT2D eigenvalue weighted by molar-refractivity contribution is -0.123. The maximum atomic E-state index is 11.7. The van der Waals surface area contributed by atoms with Gasteiger partial charge in [-0.3, -0.25) is 4.79 Å². The van der Waals surface area contributed by atoms with Gasteiger partial charge in [0.15, 0.2) is 0 Å². The molecule has 0 aliphatic rings. The summed E-state index contributed by atoms with van der Waals surface area (Å²) in [6.45, 7) is 10.3. The van der Waals surface area contributed by atoms with Crippen LogP contribution < -0.4 is 11.1 Å². The fourth-order valence-corrected chi connectivity index (χ4v) is 1.59. The zero-order valence-electron chi connectivity index (χ0n) is 12.7. The summed E-state index contributed by atoms with van der Waals surface area (Å²) < 4.78 is 0. The van der Waals surface area contributed by atoms with E-state index < -0.39 is 0 Å². The molecule has 0 radical (unpaired) electrons. The highest BCUT2D eigenvalue weighted by Gasteiger charge is 2.18. The summed E-state index contributed by atoms with van der Waals surface area (Å²) in [7, 11) is 2.13. The Labute approximate surface area is 112 Å². The fraction of sp³-hybridized carbons (Fsp3) is 0.929. The lowest BCUT2D eigenvalue weighted by atomic mass is 9.99. The quantitative estimate of drug-likeness (QED) is 0.617. The fourth-order valence-electron chi connectivity index (χ4n) is 1.59. The van der Waals surface area contributed by atoms with Crippen LogP contribution in [0.2, 0.25) is 0 Å². The number of rotatable bonds is 9. The largest absolute Gasteiger partial charge is 0.355 e. The highest BCUT2D eigenvalue weighted by Crippen LogP contribution is 2.05. The standard InChI is InChI=1S/C14H31N3O/c1-6-12(4)13(15)14(18)16-9-7-8-10-17(5)11(2)3/h11-13H,6-10,15H2,1-5H3,(H,16,18)/t12?,13-/m0/s1. The second kappa shape index (κ2) is 9.34. The van der Waals surface area contributed by atoms with Gasteiger partial charge in [0, 0.05) is 12.6 Å². The van der Waals surface area contributed by atoms with Crippen molar-refractivity contribution in [2.45, 2.75) is 59.0 Å². The van der Waals surface area contributed by atoms with Gasteiger partial charge >= 0.3 is 0 Å². The van der Waals surface area contributed by atoms with E-state index >= 15 is 0 Å². The molecular weight excluding hydrogens is 226 g/mol. The van der Waals surface area contributed by atoms with Gasteiger partial charge in [-0.2, -0.15) is 0 Å². The summed E-state index contributed by atoms with van der Waals surface area (Å²) in [4.78, 5) is 14.0. The van der Waals surface area contributed by atoms with Crippen LogP contribution in [0.5, 0.6) is 0 Å². The van der Waals surface area contributed by atoms with E-state index in [9.17, 15) is 4.79 Å². The summed E-state index contributed by atoms with van der Waals surface area (Å²) in [5, 5.41) is 2.92. The summed E-state index contributed by atoms with van der Waals surface area (Å²) in [6.07, 6.45) is 3.05. The topological polar surface area (TPSA) is 58.4 Å². The number of carbonyl (C=O) groups is 1. The van der Waals surface area contributed by atoms with Gasteiger partial charge < -0.3 is 16.0 Å². The molecule has 4 nitrogen and oxygen atoms in total. The molecule has 0 fully saturated rings. The third kappa shape index (κ3) is 6.97. The Morgan fingerprint density at radius 2 is 1.89 bits per heavy atom. The van der Waals surface area contributed by atoms with E-state index in [1.165, 1.54) is 0 Å². The Morgan fingerprint density at radius 1 is 1.28 bits per heavy atom. The molecule has 18 heavy (non-hydrogen) atoms. The molecule has 0 spiro atoms. The van der Waals surface area contributed by atoms with E-state index in [4.69, 9.17) is 5.73 Å². The minimum absolute atomic E-state index is 0.0124. The van der Waals surface area contributed by atoms with Crippen LogP contribution in [0.15, 0.2) is 0 Å². The molecule has 0 aromatic heterocycles. The molecular formula is C14H31N3O. The van der Waals surface area contributed by atoms with Crippen LogP contribution in [0, 0.1) is 5.92 Å². The van der Waals surface area contributed by atoms with Gasteiger partial charge in [-0.25, -0.2) is 0 Å². The van der Waals surface area contributed by atoms with Crippen LogP contribution in [-0.2, 0) is 4.79 Å². The van der Waals surface area contributed by atoms with Crippen molar-refractivity contribution in [3.8, 4) is 0 Å². The molecule has 1 amide bonds. The van der Waals surface area contributed by atoms with E-state index in [2.05, 4.69) is 38.0 Å². The molecule has 0 aliphatic heterocycles. The van der Waals surface area contributed by atoms with Crippen molar-refractivity contribution in [3.05, 3.63) is 0 Å². The van der Waals surface area contributed by atoms with Crippen molar-refractivity contribution in [3.63, 3.8) is 0 Å². The Kier molecular flexibility index (Phi) is 9.02. The molecule has 4 heteroatoms. The molecule has 0 aliphatic carbocycles. The minimum Gasteiger partial charge on any atom is -0.355 e. The Bertz CT molecular complexity index is 231. The molecule has 2 atom stereocenters. The summed E-state index contributed by atoms with van der Waals surface area (Å²) in [5.74, 6) is 0.235. The van der Waals surface area contributed by atoms with Gasteiger partial charge in [0.2, 0.25) is 5.91 Å². The normalized spacial score (nSPS) is 14.9. The lowest BCUT2D eigenvalue weighted by Gasteiger charge is -2.21. The molecule has 0 bridgehead atoms. The van der Waals surface area contributed by atoms with Gasteiger partial charge in [-0.05, 0) is 46.2 Å². The number of nitrogens with one attached hydrogen (secondary N) is 1. The van der Waals surface area contributed by atoms with Crippen molar-refractivity contribution >= 4 is 5.91 Å². The van der Waals surface area contributed by atoms with Crippen molar-refractivity contribution < 1.29 is 4.79 Å². The first kappa shape index (κ1) is 17.4. The first-order valence-corrected chi connectivity index (χ1v) is 7.13. The minimum atomic E-state index is -0.367. The van der Waals surface area contributed by atoms with Crippen molar-refractivity contribution in [1.29, 1.82) is 0 Å². The monoisotopic (exact) mass is 257 g/mol. The Balaban J connectivity index is 3.63. The summed E-state index contributed by atoms with van der Waals surface area (Å²) in [6, 6.07) is 0.215. The molecule has 0 saturated carbocycles. The number of unbranched alkanes of at least 4 members (excludes halogenated alkanes) is 1. The molecule has 108 valence electrons. The molecule has 0 rings (SSSR count). The number of hydrogen-bond acceptors (Lipinski definition) is 3. The predicted molar refractivity (Wildman–Crippen MR) is 77.4 cm³/mol. The Morgan fingerprint density at radius 3 is 2.39 bits per heavy atom. The van der Waals surface area contributed by atoms with E-state index in [0.717, 1.165) is 32.4 Å². The third-order valence-corrected chi connectivity index (χ3v) is 3.68. The molecule has 0 heterocycles. The van der Waals surface area contributed by atoms with E-state index in [1.54, 1.807) is 0 Å². The zero-order chi connectivity index (χ0) is 14.1.